The van der Waals surface area contributed by atoms with Gasteiger partial charge in [0.25, 0.3) is 0 Å². The summed E-state index contributed by atoms with van der Waals surface area (Å²) < 4.78 is 11.3. The lowest BCUT2D eigenvalue weighted by molar-refractivity contribution is -0.242. The van der Waals surface area contributed by atoms with Crippen molar-refractivity contribution in [3.63, 3.8) is 0 Å². The van der Waals surface area contributed by atoms with Gasteiger partial charge in [0, 0.05) is 47.6 Å². The molecule has 5 heteroatoms. The molecule has 1 N–H and O–H groups in total. The molecule has 1 aliphatic heterocycles. The third-order valence-corrected chi connectivity index (χ3v) is 5.26. The van der Waals surface area contributed by atoms with Crippen LogP contribution in [-0.2, 0) is 14.3 Å². The Morgan fingerprint density at radius 3 is 2.76 bits per heavy atom. The second-order valence-corrected chi connectivity index (χ2v) is 6.55. The molecule has 0 aromatic heterocycles. The average molecular weight is 300 g/mol. The van der Waals surface area contributed by atoms with E-state index in [1.165, 1.54) is 0 Å². The van der Waals surface area contributed by atoms with E-state index in [0.717, 1.165) is 45.2 Å². The largest absolute Gasteiger partial charge is 0.356 e. The fourth-order valence-electron chi connectivity index (χ4n) is 4.02. The molecule has 2 aliphatic rings. The van der Waals surface area contributed by atoms with Gasteiger partial charge in [0.05, 0.1) is 5.92 Å². The first-order valence-corrected chi connectivity index (χ1v) is 8.13. The maximum Gasteiger partial charge on any atom is 0.224 e. The number of likely N-dealkylation sites (tertiary alicyclic amines) is 1. The lowest BCUT2D eigenvalue weighted by Crippen LogP contribution is -2.56. The molecular weight excluding hydrogens is 268 g/mol. The maximum absolute atomic E-state index is 12.3. The number of nitrogens with one attached hydrogen (secondary N) is 1. The summed E-state index contributed by atoms with van der Waals surface area (Å²) in [5.74, 6) is 0.305. The molecule has 0 radical (unpaired) electrons. The number of fused-ring (bicyclic) bond motifs is 1. The monoisotopic (exact) mass is 300 g/mol. The first-order chi connectivity index (χ1) is 10.0. The van der Waals surface area contributed by atoms with Crippen LogP contribution in [0.15, 0.2) is 0 Å². The van der Waals surface area contributed by atoms with Crippen molar-refractivity contribution in [2.24, 2.45) is 11.8 Å². The summed E-state index contributed by atoms with van der Waals surface area (Å²) in [5, 5.41) is 3.04. The van der Waals surface area contributed by atoms with Gasteiger partial charge in [-0.05, 0) is 32.2 Å². The van der Waals surface area contributed by atoms with Gasteiger partial charge in [-0.3, -0.25) is 4.79 Å². The predicted molar refractivity (Wildman–Crippen MR) is 84.0 cm³/mol. The molecule has 1 saturated heterocycles. The molecule has 2 fully saturated rings. The highest BCUT2D eigenvalue weighted by atomic mass is 16.7. The highest BCUT2D eigenvalue weighted by Crippen LogP contribution is 2.42. The summed E-state index contributed by atoms with van der Waals surface area (Å²) in [5.41, 5.74) is 0. The van der Waals surface area contributed by atoms with E-state index in [1.807, 2.05) is 0 Å². The number of rotatable bonds is 5. The molecule has 1 aliphatic carbocycles. The van der Waals surface area contributed by atoms with Crippen molar-refractivity contribution in [3.05, 3.63) is 0 Å². The number of piperidine rings is 1. The van der Waals surface area contributed by atoms with Crippen LogP contribution in [0.4, 0.5) is 0 Å². The molecule has 0 aromatic rings. The van der Waals surface area contributed by atoms with Crippen LogP contribution in [0.5, 0.6) is 0 Å². The van der Waals surface area contributed by atoms with Crippen molar-refractivity contribution in [2.45, 2.75) is 50.9 Å². The van der Waals surface area contributed by atoms with Gasteiger partial charge in [0.15, 0.2) is 5.79 Å². The summed E-state index contributed by atoms with van der Waals surface area (Å²) in [4.78, 5) is 14.6. The Hall–Kier alpha value is -0.650. The SMILES string of the molecule is CCCNC(=O)[C@@H]1C[C@@H]2CC(OC)(OC)CC[C@H]2N(C)C1.[HH]. The van der Waals surface area contributed by atoms with Gasteiger partial charge >= 0.3 is 0 Å². The molecule has 0 aromatic carbocycles. The Balaban J connectivity index is 0.00000242. The van der Waals surface area contributed by atoms with Crippen LogP contribution in [0.1, 0.15) is 40.5 Å². The quantitative estimate of drug-likeness (QED) is 0.788. The number of carbonyl (C=O) groups excluding carboxylic acids is 1. The highest BCUT2D eigenvalue weighted by Gasteiger charge is 2.46. The van der Waals surface area contributed by atoms with Crippen molar-refractivity contribution in [2.75, 3.05) is 34.4 Å². The second-order valence-electron chi connectivity index (χ2n) is 6.55. The van der Waals surface area contributed by atoms with E-state index >= 15 is 0 Å². The Morgan fingerprint density at radius 1 is 1.43 bits per heavy atom. The molecule has 1 heterocycles. The zero-order valence-electron chi connectivity index (χ0n) is 13.9. The average Bonchev–Trinajstić information content (AvgIpc) is 2.51. The molecule has 0 unspecified atom stereocenters. The number of nitrogens with zero attached hydrogens (tertiary/aromatic N) is 1. The molecule has 3 atom stereocenters. The van der Waals surface area contributed by atoms with E-state index < -0.39 is 5.79 Å². The van der Waals surface area contributed by atoms with Crippen LogP contribution in [0.25, 0.3) is 0 Å². The minimum absolute atomic E-state index is 0. The van der Waals surface area contributed by atoms with Crippen molar-refractivity contribution < 1.29 is 15.7 Å². The van der Waals surface area contributed by atoms with Crippen LogP contribution >= 0.6 is 0 Å². The van der Waals surface area contributed by atoms with Crippen LogP contribution < -0.4 is 5.32 Å². The molecule has 2 rings (SSSR count). The first-order valence-electron chi connectivity index (χ1n) is 8.13. The molecule has 1 saturated carbocycles. The van der Waals surface area contributed by atoms with Crippen molar-refractivity contribution in [3.8, 4) is 0 Å². The predicted octanol–water partition coefficient (Wildman–Crippen LogP) is 1.87. The molecule has 1 amide bonds. The minimum atomic E-state index is -0.455. The van der Waals surface area contributed by atoms with Crippen LogP contribution in [0, 0.1) is 11.8 Å². The van der Waals surface area contributed by atoms with Gasteiger partial charge in [-0.25, -0.2) is 0 Å². The summed E-state index contributed by atoms with van der Waals surface area (Å²) in [7, 11) is 5.59. The number of hydrogen-bond acceptors (Lipinski definition) is 4. The molecule has 0 bridgehead atoms. The first kappa shape index (κ1) is 16.7. The van der Waals surface area contributed by atoms with E-state index in [4.69, 9.17) is 9.47 Å². The van der Waals surface area contributed by atoms with Gasteiger partial charge in [-0.15, -0.1) is 0 Å². The maximum atomic E-state index is 12.3. The fourth-order valence-corrected chi connectivity index (χ4v) is 4.02. The zero-order valence-corrected chi connectivity index (χ0v) is 13.9. The van der Waals surface area contributed by atoms with E-state index in [0.29, 0.717) is 12.0 Å². The second kappa shape index (κ2) is 7.07. The van der Waals surface area contributed by atoms with Crippen molar-refractivity contribution in [1.82, 2.24) is 10.2 Å². The Morgan fingerprint density at radius 2 is 2.14 bits per heavy atom. The van der Waals surface area contributed by atoms with Crippen LogP contribution in [-0.4, -0.2) is 57.0 Å². The number of carbonyl (C=O) groups is 1. The number of methoxy groups -OCH3 is 2. The third kappa shape index (κ3) is 3.58. The Bertz CT molecular complexity index is 363. The van der Waals surface area contributed by atoms with E-state index in [-0.39, 0.29) is 13.3 Å². The highest BCUT2D eigenvalue weighted by molar-refractivity contribution is 5.79. The van der Waals surface area contributed by atoms with Crippen molar-refractivity contribution >= 4 is 5.91 Å². The molecule has 124 valence electrons. The molecular formula is C16H32N2O3. The minimum Gasteiger partial charge on any atom is -0.356 e. The van der Waals surface area contributed by atoms with Gasteiger partial charge < -0.3 is 19.7 Å². The fraction of sp³-hybridized carbons (Fsp3) is 0.938. The van der Waals surface area contributed by atoms with E-state index in [1.54, 1.807) is 14.2 Å². The van der Waals surface area contributed by atoms with Crippen LogP contribution in [0.3, 0.4) is 0 Å². The summed E-state index contributed by atoms with van der Waals surface area (Å²) >= 11 is 0. The third-order valence-electron chi connectivity index (χ3n) is 5.26. The van der Waals surface area contributed by atoms with Gasteiger partial charge in [0.2, 0.25) is 5.91 Å². The normalized spacial score (nSPS) is 32.5. The van der Waals surface area contributed by atoms with Gasteiger partial charge in [0.1, 0.15) is 0 Å². The Kier molecular flexibility index (Phi) is 5.63. The lowest BCUT2D eigenvalue weighted by Gasteiger charge is -2.50. The summed E-state index contributed by atoms with van der Waals surface area (Å²) in [6, 6.07) is 0.554. The smallest absolute Gasteiger partial charge is 0.224 e. The van der Waals surface area contributed by atoms with Gasteiger partial charge in [-0.1, -0.05) is 6.92 Å². The summed E-state index contributed by atoms with van der Waals surface area (Å²) in [6.45, 7) is 3.72. The lowest BCUT2D eigenvalue weighted by atomic mass is 9.72. The van der Waals surface area contributed by atoms with Crippen LogP contribution in [0.2, 0.25) is 0 Å². The molecule has 21 heavy (non-hydrogen) atoms. The summed E-state index contributed by atoms with van der Waals surface area (Å²) in [6.07, 6.45) is 4.81. The number of amides is 1. The zero-order chi connectivity index (χ0) is 15.5. The Labute approximate surface area is 129 Å². The number of hydrogen-bond donors (Lipinski definition) is 1. The van der Waals surface area contributed by atoms with E-state index in [9.17, 15) is 4.79 Å². The number of ether oxygens (including phenoxy) is 2. The standard InChI is InChI=1S/C16H30N2O3.H2/c1-5-8-17-15(19)13-9-12-10-16(20-3,21-4)7-6-14(12)18(2)11-13;/h12-14H,5-11H2,1-4H3,(H,17,19);1H/t12-,13-,14-;/m1./s1. The van der Waals surface area contributed by atoms with Gasteiger partial charge in [-0.2, -0.15) is 0 Å². The molecule has 5 nitrogen and oxygen atoms in total. The van der Waals surface area contributed by atoms with Crippen molar-refractivity contribution in [1.29, 1.82) is 0 Å². The topological polar surface area (TPSA) is 50.8 Å². The molecule has 0 spiro atoms. The van der Waals surface area contributed by atoms with E-state index in [2.05, 4.69) is 24.2 Å².